The van der Waals surface area contributed by atoms with Gasteiger partial charge in [0.2, 0.25) is 5.88 Å². The molecule has 19 heavy (non-hydrogen) atoms. The van der Waals surface area contributed by atoms with Crippen LogP contribution >= 0.6 is 0 Å². The van der Waals surface area contributed by atoms with Crippen molar-refractivity contribution in [2.75, 3.05) is 13.1 Å². The van der Waals surface area contributed by atoms with E-state index in [2.05, 4.69) is 14.9 Å². The highest BCUT2D eigenvalue weighted by Crippen LogP contribution is 2.27. The van der Waals surface area contributed by atoms with Crippen LogP contribution in [0.4, 0.5) is 0 Å². The zero-order valence-corrected chi connectivity index (χ0v) is 11.7. The number of rotatable bonds is 3. The van der Waals surface area contributed by atoms with E-state index in [1.165, 1.54) is 38.8 Å². The number of aryl methyl sites for hydroxylation is 1. The van der Waals surface area contributed by atoms with Crippen LogP contribution in [0.2, 0.25) is 0 Å². The molecule has 3 rings (SSSR count). The second kappa shape index (κ2) is 5.87. The summed E-state index contributed by atoms with van der Waals surface area (Å²) in [4.78, 5) is 11.2. The fourth-order valence-electron chi connectivity index (χ4n) is 3.30. The second-order valence-corrected chi connectivity index (χ2v) is 5.79. The molecule has 0 atom stereocenters. The Morgan fingerprint density at radius 2 is 1.84 bits per heavy atom. The van der Waals surface area contributed by atoms with Gasteiger partial charge in [-0.3, -0.25) is 4.98 Å². The average molecular weight is 261 g/mol. The highest BCUT2D eigenvalue weighted by Gasteiger charge is 2.27. The molecule has 1 aromatic rings. The van der Waals surface area contributed by atoms with Crippen molar-refractivity contribution in [3.05, 3.63) is 18.1 Å². The van der Waals surface area contributed by atoms with Gasteiger partial charge in [-0.15, -0.1) is 0 Å². The van der Waals surface area contributed by atoms with Crippen molar-refractivity contribution in [2.45, 2.75) is 57.6 Å². The topological polar surface area (TPSA) is 38.2 Å². The van der Waals surface area contributed by atoms with Crippen molar-refractivity contribution in [3.8, 4) is 5.88 Å². The summed E-state index contributed by atoms with van der Waals surface area (Å²) >= 11 is 0. The van der Waals surface area contributed by atoms with Crippen molar-refractivity contribution in [3.63, 3.8) is 0 Å². The van der Waals surface area contributed by atoms with Gasteiger partial charge < -0.3 is 9.64 Å². The molecule has 1 aromatic heterocycles. The standard InChI is InChI=1S/C15H23N3O/c1-12-10-16-11-15(17-12)19-14-6-8-18(9-7-14)13-4-2-3-5-13/h10-11,13-14H,2-9H2,1H3. The highest BCUT2D eigenvalue weighted by molar-refractivity contribution is 5.07. The molecular formula is C15H23N3O. The van der Waals surface area contributed by atoms with Gasteiger partial charge >= 0.3 is 0 Å². The lowest BCUT2D eigenvalue weighted by atomic mass is 10.0. The van der Waals surface area contributed by atoms with Gasteiger partial charge in [-0.05, 0) is 32.6 Å². The quantitative estimate of drug-likeness (QED) is 0.838. The van der Waals surface area contributed by atoms with Crippen molar-refractivity contribution < 1.29 is 4.74 Å². The number of ether oxygens (including phenoxy) is 1. The molecule has 1 aliphatic heterocycles. The number of piperidine rings is 1. The van der Waals surface area contributed by atoms with E-state index in [0.717, 1.165) is 24.6 Å². The van der Waals surface area contributed by atoms with Crippen LogP contribution in [0.15, 0.2) is 12.4 Å². The first-order valence-corrected chi connectivity index (χ1v) is 7.50. The average Bonchev–Trinajstić information content (AvgIpc) is 2.94. The summed E-state index contributed by atoms with van der Waals surface area (Å²) in [7, 11) is 0. The van der Waals surface area contributed by atoms with Gasteiger partial charge in [-0.25, -0.2) is 4.98 Å². The molecule has 0 amide bonds. The second-order valence-electron chi connectivity index (χ2n) is 5.79. The molecule has 4 nitrogen and oxygen atoms in total. The molecule has 0 aromatic carbocycles. The summed E-state index contributed by atoms with van der Waals surface area (Å²) in [5.41, 5.74) is 0.917. The molecule has 0 unspecified atom stereocenters. The van der Waals surface area contributed by atoms with Gasteiger partial charge in [0.25, 0.3) is 0 Å². The van der Waals surface area contributed by atoms with E-state index in [1.807, 2.05) is 6.92 Å². The predicted molar refractivity (Wildman–Crippen MR) is 74.2 cm³/mol. The van der Waals surface area contributed by atoms with Crippen molar-refractivity contribution in [2.24, 2.45) is 0 Å². The molecular weight excluding hydrogens is 238 g/mol. The molecule has 2 aliphatic rings. The number of likely N-dealkylation sites (tertiary alicyclic amines) is 1. The van der Waals surface area contributed by atoms with Gasteiger partial charge in [-0.1, -0.05) is 12.8 Å². The Morgan fingerprint density at radius 3 is 2.53 bits per heavy atom. The third-order valence-corrected chi connectivity index (χ3v) is 4.34. The monoisotopic (exact) mass is 261 g/mol. The molecule has 0 N–H and O–H groups in total. The number of hydrogen-bond donors (Lipinski definition) is 0. The van der Waals surface area contributed by atoms with E-state index >= 15 is 0 Å². The fraction of sp³-hybridized carbons (Fsp3) is 0.733. The number of nitrogens with zero attached hydrogens (tertiary/aromatic N) is 3. The highest BCUT2D eigenvalue weighted by atomic mass is 16.5. The normalized spacial score (nSPS) is 22.8. The van der Waals surface area contributed by atoms with Crippen LogP contribution in [-0.4, -0.2) is 40.1 Å². The number of hydrogen-bond acceptors (Lipinski definition) is 4. The third-order valence-electron chi connectivity index (χ3n) is 4.34. The number of aromatic nitrogens is 2. The minimum Gasteiger partial charge on any atom is -0.473 e. The Hall–Kier alpha value is -1.16. The van der Waals surface area contributed by atoms with E-state index in [-0.39, 0.29) is 0 Å². The van der Waals surface area contributed by atoms with Gasteiger partial charge in [0.05, 0.1) is 11.9 Å². The van der Waals surface area contributed by atoms with Gasteiger partial charge in [0.1, 0.15) is 6.10 Å². The SMILES string of the molecule is Cc1cncc(OC2CCN(C3CCCC3)CC2)n1. The van der Waals surface area contributed by atoms with Crippen LogP contribution < -0.4 is 4.74 Å². The van der Waals surface area contributed by atoms with Gasteiger partial charge in [-0.2, -0.15) is 0 Å². The minimum atomic E-state index is 0.314. The predicted octanol–water partition coefficient (Wildman–Crippen LogP) is 2.57. The van der Waals surface area contributed by atoms with E-state index in [4.69, 9.17) is 4.74 Å². The van der Waals surface area contributed by atoms with Crippen molar-refractivity contribution in [1.29, 1.82) is 0 Å². The van der Waals surface area contributed by atoms with Crippen LogP contribution in [0.25, 0.3) is 0 Å². The van der Waals surface area contributed by atoms with E-state index in [1.54, 1.807) is 12.4 Å². The van der Waals surface area contributed by atoms with Crippen molar-refractivity contribution in [1.82, 2.24) is 14.9 Å². The first-order chi connectivity index (χ1) is 9.31. The Labute approximate surface area is 115 Å². The van der Waals surface area contributed by atoms with Crippen LogP contribution in [0.5, 0.6) is 5.88 Å². The Morgan fingerprint density at radius 1 is 1.11 bits per heavy atom. The molecule has 1 aliphatic carbocycles. The maximum atomic E-state index is 5.95. The minimum absolute atomic E-state index is 0.314. The Balaban J connectivity index is 1.50. The van der Waals surface area contributed by atoms with Crippen molar-refractivity contribution >= 4 is 0 Å². The smallest absolute Gasteiger partial charge is 0.232 e. The molecule has 1 saturated heterocycles. The molecule has 0 spiro atoms. The molecule has 1 saturated carbocycles. The third kappa shape index (κ3) is 3.24. The van der Waals surface area contributed by atoms with Crippen LogP contribution in [0.3, 0.4) is 0 Å². The Bertz CT molecular complexity index is 410. The van der Waals surface area contributed by atoms with Gasteiger partial charge in [0, 0.05) is 25.3 Å². The molecule has 2 heterocycles. The van der Waals surface area contributed by atoms with Crippen LogP contribution in [0, 0.1) is 6.92 Å². The molecule has 104 valence electrons. The molecule has 2 fully saturated rings. The lowest BCUT2D eigenvalue weighted by Crippen LogP contribution is -2.43. The fourth-order valence-corrected chi connectivity index (χ4v) is 3.30. The lowest BCUT2D eigenvalue weighted by molar-refractivity contribution is 0.0737. The van der Waals surface area contributed by atoms with Crippen LogP contribution in [0.1, 0.15) is 44.2 Å². The summed E-state index contributed by atoms with van der Waals surface area (Å²) in [6.45, 7) is 4.30. The maximum absolute atomic E-state index is 5.95. The first-order valence-electron chi connectivity index (χ1n) is 7.50. The Kier molecular flexibility index (Phi) is 3.97. The van der Waals surface area contributed by atoms with E-state index in [0.29, 0.717) is 12.0 Å². The van der Waals surface area contributed by atoms with E-state index < -0.39 is 0 Å². The zero-order chi connectivity index (χ0) is 13.1. The molecule has 4 heteroatoms. The summed E-state index contributed by atoms with van der Waals surface area (Å²) in [6.07, 6.45) is 11.7. The van der Waals surface area contributed by atoms with Crippen LogP contribution in [-0.2, 0) is 0 Å². The molecule has 0 bridgehead atoms. The zero-order valence-electron chi connectivity index (χ0n) is 11.7. The summed E-state index contributed by atoms with van der Waals surface area (Å²) < 4.78 is 5.95. The molecule has 0 radical (unpaired) electrons. The summed E-state index contributed by atoms with van der Waals surface area (Å²) in [5.74, 6) is 0.680. The van der Waals surface area contributed by atoms with E-state index in [9.17, 15) is 0 Å². The van der Waals surface area contributed by atoms with Gasteiger partial charge in [0.15, 0.2) is 0 Å². The largest absolute Gasteiger partial charge is 0.473 e. The summed E-state index contributed by atoms with van der Waals surface area (Å²) in [6, 6.07) is 0.847. The first kappa shape index (κ1) is 12.9. The lowest BCUT2D eigenvalue weighted by Gasteiger charge is -2.35. The summed E-state index contributed by atoms with van der Waals surface area (Å²) in [5, 5.41) is 0. The maximum Gasteiger partial charge on any atom is 0.232 e.